The third-order valence-electron chi connectivity index (χ3n) is 25.3. The number of phenolic OH excluding ortho intramolecular Hbond substituents is 7. The first-order valence-electron chi connectivity index (χ1n) is 46.9. The van der Waals surface area contributed by atoms with Gasteiger partial charge in [-0.1, -0.05) is 277 Å². The van der Waals surface area contributed by atoms with E-state index in [2.05, 4.69) is 393 Å². The van der Waals surface area contributed by atoms with Gasteiger partial charge in [0.2, 0.25) is 35.7 Å². The first kappa shape index (κ1) is 104. The minimum absolute atomic E-state index is 0.231. The molecule has 0 fully saturated rings. The summed E-state index contributed by atoms with van der Waals surface area (Å²) in [5.41, 5.74) is 12.1. The third kappa shape index (κ3) is 25.0. The second kappa shape index (κ2) is 36.5. The van der Waals surface area contributed by atoms with Crippen LogP contribution in [-0.4, -0.2) is 65.6 Å². The minimum Gasteiger partial charge on any atom is -0.507 e. The van der Waals surface area contributed by atoms with Crippen LogP contribution in [0, 0.1) is 0 Å². The largest absolute Gasteiger partial charge is 0.507 e. The number of rotatable bonds is 25. The lowest BCUT2D eigenvalue weighted by molar-refractivity contribution is 0.345. The highest BCUT2D eigenvalue weighted by Gasteiger charge is 2.39. The van der Waals surface area contributed by atoms with E-state index in [4.69, 9.17) is 29.9 Å². The Hall–Kier alpha value is -10.0. The van der Waals surface area contributed by atoms with Crippen molar-refractivity contribution in [3.63, 3.8) is 0 Å². The fraction of sp³-hybridized carbons (Fsp3) is 0.568. The average Bonchev–Trinajstić information content (AvgIpc) is 0.760. The minimum atomic E-state index is -0.638. The number of aromatic hydroxyl groups is 7. The molecule has 0 amide bonds. The quantitative estimate of drug-likeness (QED) is 0.0253. The third-order valence-corrected chi connectivity index (χ3v) is 25.3. The van der Waals surface area contributed by atoms with Crippen molar-refractivity contribution in [1.29, 1.82) is 0 Å². The van der Waals surface area contributed by atoms with Gasteiger partial charge in [0.15, 0.2) is 0 Å². The Balaban J connectivity index is 1.11. The van der Waals surface area contributed by atoms with Crippen molar-refractivity contribution < 1.29 is 35.7 Å². The molecule has 2 heterocycles. The molecule has 9 rings (SSSR count). The van der Waals surface area contributed by atoms with E-state index in [0.29, 0.717) is 105 Å². The van der Waals surface area contributed by atoms with E-state index >= 15 is 0 Å². The lowest BCUT2D eigenvalue weighted by Crippen LogP contribution is -2.27. The Morgan fingerprint density at radius 3 is 0.477 bits per heavy atom. The van der Waals surface area contributed by atoms with Gasteiger partial charge in [0.25, 0.3) is 0 Å². The molecule has 0 aliphatic heterocycles. The molecule has 7 aromatic carbocycles. The molecule has 2 aromatic heterocycles. The second-order valence-corrected chi connectivity index (χ2v) is 50.8. The Morgan fingerprint density at radius 1 is 0.192 bits per heavy atom. The van der Waals surface area contributed by atoms with Crippen LogP contribution < -0.4 is 31.5 Å². The van der Waals surface area contributed by atoms with Gasteiger partial charge in [-0.25, -0.2) is 0 Å². The summed E-state index contributed by atoms with van der Waals surface area (Å²) in [6.07, 6.45) is 1.22. The van der Waals surface area contributed by atoms with Gasteiger partial charge in [0, 0.05) is 56.9 Å². The summed E-state index contributed by atoms with van der Waals surface area (Å²) in [6.45, 7) is 87.2. The van der Waals surface area contributed by atoms with E-state index < -0.39 is 43.3 Å². The molecule has 0 saturated carbocycles. The van der Waals surface area contributed by atoms with E-state index in [9.17, 15) is 35.7 Å². The van der Waals surface area contributed by atoms with E-state index in [-0.39, 0.29) is 62.0 Å². The van der Waals surface area contributed by atoms with Crippen LogP contribution in [0.4, 0.5) is 35.7 Å². The number of aromatic nitrogens is 6. The zero-order valence-corrected chi connectivity index (χ0v) is 87.2. The lowest BCUT2D eigenvalue weighted by Gasteiger charge is -2.35. The van der Waals surface area contributed by atoms with Gasteiger partial charge in [-0.15, -0.1) is 0 Å². The van der Waals surface area contributed by atoms with Crippen molar-refractivity contribution in [2.45, 2.75) is 411 Å². The second-order valence-electron chi connectivity index (χ2n) is 50.8. The molecule has 0 atom stereocenters. The van der Waals surface area contributed by atoms with Crippen molar-refractivity contribution in [3.8, 4) is 40.2 Å². The molecule has 130 heavy (non-hydrogen) atoms. The highest BCUT2D eigenvalue weighted by atomic mass is 16.3. The highest BCUT2D eigenvalue weighted by molar-refractivity contribution is 5.60. The number of nitrogens with zero attached hydrogens (tertiary/aromatic N) is 7. The van der Waals surface area contributed by atoms with E-state index in [0.717, 1.165) is 117 Å². The number of anilines is 6. The molecule has 0 saturated heterocycles. The summed E-state index contributed by atoms with van der Waals surface area (Å²) < 4.78 is 0. The van der Waals surface area contributed by atoms with Crippen molar-refractivity contribution in [3.05, 3.63) is 202 Å². The summed E-state index contributed by atoms with van der Waals surface area (Å²) in [5.74, 6) is 3.92. The van der Waals surface area contributed by atoms with Crippen LogP contribution in [0.25, 0.3) is 0 Å². The predicted octanol–water partition coefficient (Wildman–Crippen LogP) is 26.9. The highest BCUT2D eigenvalue weighted by Crippen LogP contribution is 2.51. The topological polar surface area (TPSA) is 282 Å². The standard InChI is InChI=1S/C111H164N12O7/c1-98(2,3)71-43-64(44-72(85(71)124)99(4,5)6)57-112-92-117-93(113-58-65-45-73(100(7,8)9)86(125)74(46-65)101(10,11)12)119-94(118-92)114-60-67-49-77(104(19,20)21)90(129)83(51-67)110(37,38)41-42-111(39,40)84-52-68(50-78(91(84)130)105(22,23)24)61-116-96-120-95(115-59-66-47-75(102(13,14)15)87(126)76(48-66)103(16,17)18)121-97(122-96)123(62-69-53-79(106(25,26)27)88(127)80(54-69)107(28,29)30)63-70-55-81(108(31,32)33)89(128)82(56-70)109(34,35)36/h43-56,124-130H,41-42,57-63H2,1-40H3,(H2,115,116,120,121,122)(H3,112,113,114,117,118,119). The predicted molar refractivity (Wildman–Crippen MR) is 543 cm³/mol. The van der Waals surface area contributed by atoms with Crippen molar-refractivity contribution in [1.82, 2.24) is 29.9 Å². The SMILES string of the molecule is CC(C)(C)c1cc(CNc2nc(NCc3cc(C(C)(C)C)c(O)c(C(C)(C)C)c3)nc(NCc3cc(C(C)(C)C)c(O)c(C(C)(C)CCC(C)(C)c4cc(CNc5nc(NCc6cc(C(C)(C)C)c(O)c(C(C)(C)C)c6)nc(N(Cc6cc(C(C)(C)C)c(O)c(C(C)(C)C)c6)Cc6cc(C(C)(C)C)c(O)c(C(C)(C)C)c6)n5)cc(C(C)(C)C)c4O)c3)n2)cc(C(C)(C)C)c1O. The maximum atomic E-state index is 12.9. The number of hydrogen-bond donors (Lipinski definition) is 12. The van der Waals surface area contributed by atoms with Crippen LogP contribution in [0.5, 0.6) is 40.2 Å². The Kier molecular flexibility index (Phi) is 29.1. The molecular formula is C111H164N12O7. The normalized spacial score (nSPS) is 13.4. The van der Waals surface area contributed by atoms with Gasteiger partial charge >= 0.3 is 0 Å². The van der Waals surface area contributed by atoms with Crippen LogP contribution in [-0.2, 0) is 122 Å². The number of benzene rings is 7. The van der Waals surface area contributed by atoms with Crippen molar-refractivity contribution in [2.24, 2.45) is 0 Å². The van der Waals surface area contributed by atoms with Gasteiger partial charge in [-0.3, -0.25) is 0 Å². The number of phenols is 7. The molecule has 0 unspecified atom stereocenters. The summed E-state index contributed by atoms with van der Waals surface area (Å²) in [6, 6.07) is 29.2. The van der Waals surface area contributed by atoms with E-state index in [1.54, 1.807) is 0 Å². The van der Waals surface area contributed by atoms with Crippen LogP contribution in [0.2, 0.25) is 0 Å². The summed E-state index contributed by atoms with van der Waals surface area (Å²) >= 11 is 0. The van der Waals surface area contributed by atoms with Gasteiger partial charge in [-0.2, -0.15) is 29.9 Å². The zero-order valence-electron chi connectivity index (χ0n) is 87.2. The monoisotopic (exact) mass is 1780 g/mol. The number of nitrogens with one attached hydrogen (secondary N) is 5. The fourth-order valence-corrected chi connectivity index (χ4v) is 17.2. The van der Waals surface area contributed by atoms with Gasteiger partial charge in [0.05, 0.1) is 0 Å². The Labute approximate surface area is 781 Å². The first-order chi connectivity index (χ1) is 58.8. The van der Waals surface area contributed by atoms with Crippen LogP contribution in [0.15, 0.2) is 84.9 Å². The maximum Gasteiger partial charge on any atom is 0.232 e. The van der Waals surface area contributed by atoms with Gasteiger partial charge in [0.1, 0.15) is 40.2 Å². The molecule has 19 heteroatoms. The molecule has 0 radical (unpaired) electrons. The summed E-state index contributed by atoms with van der Waals surface area (Å²) in [4.78, 5) is 33.2. The van der Waals surface area contributed by atoms with Gasteiger partial charge < -0.3 is 67.2 Å². The van der Waals surface area contributed by atoms with Crippen LogP contribution in [0.1, 0.15) is 407 Å². The maximum absolute atomic E-state index is 12.9. The van der Waals surface area contributed by atoms with E-state index in [1.807, 2.05) is 0 Å². The summed E-state index contributed by atoms with van der Waals surface area (Å²) in [7, 11) is 0. The fourth-order valence-electron chi connectivity index (χ4n) is 17.2. The van der Waals surface area contributed by atoms with Crippen molar-refractivity contribution in [2.75, 3.05) is 31.5 Å². The van der Waals surface area contributed by atoms with Crippen molar-refractivity contribution >= 4 is 35.7 Å². The average molecular weight is 1780 g/mol. The molecule has 12 N–H and O–H groups in total. The lowest BCUT2D eigenvalue weighted by atomic mass is 9.70. The van der Waals surface area contributed by atoms with Crippen LogP contribution >= 0.6 is 0 Å². The molecule has 0 spiro atoms. The molecule has 0 aliphatic rings. The smallest absolute Gasteiger partial charge is 0.232 e. The molecule has 19 nitrogen and oxygen atoms in total. The first-order valence-corrected chi connectivity index (χ1v) is 46.9. The molecule has 0 bridgehead atoms. The molecule has 0 aliphatic carbocycles. The van der Waals surface area contributed by atoms with Crippen LogP contribution in [0.3, 0.4) is 0 Å². The molecule has 710 valence electrons. The Morgan fingerprint density at radius 2 is 0.323 bits per heavy atom. The Bertz CT molecular complexity index is 5250. The number of hydrogen-bond acceptors (Lipinski definition) is 19. The van der Waals surface area contributed by atoms with Gasteiger partial charge in [-0.05, 0) is 279 Å². The summed E-state index contributed by atoms with van der Waals surface area (Å²) in [5, 5.41) is 103. The molecular weight excluding hydrogens is 1610 g/mol. The zero-order chi connectivity index (χ0) is 98.2. The molecule has 9 aromatic rings. The van der Waals surface area contributed by atoms with E-state index in [1.165, 1.54) is 0 Å².